The van der Waals surface area contributed by atoms with Gasteiger partial charge in [-0.25, -0.2) is 4.79 Å². The third-order valence-electron chi connectivity index (χ3n) is 3.22. The monoisotopic (exact) mass is 456 g/mol. The van der Waals surface area contributed by atoms with Crippen LogP contribution < -0.4 is 9.47 Å². The molecule has 2 aromatic rings. The Morgan fingerprint density at radius 2 is 2.00 bits per heavy atom. The number of carbonyl (C=O) groups excluding carboxylic acids is 1. The minimum Gasteiger partial charge on any atom is -0.490 e. The average Bonchev–Trinajstić information content (AvgIpc) is 2.60. The van der Waals surface area contributed by atoms with Gasteiger partial charge < -0.3 is 14.2 Å². The van der Waals surface area contributed by atoms with Crippen molar-refractivity contribution < 1.29 is 19.0 Å². The lowest BCUT2D eigenvalue weighted by molar-refractivity contribution is 0.0556. The molecule has 0 saturated carbocycles. The van der Waals surface area contributed by atoms with Crippen molar-refractivity contribution in [2.45, 2.75) is 13.5 Å². The Morgan fingerprint density at radius 1 is 1.23 bits per heavy atom. The number of terminal acetylenes is 1. The highest BCUT2D eigenvalue weighted by molar-refractivity contribution is 9.10. The van der Waals surface area contributed by atoms with E-state index < -0.39 is 5.97 Å². The molecule has 0 aliphatic rings. The highest BCUT2D eigenvalue weighted by Crippen LogP contribution is 2.38. The first-order valence-corrected chi connectivity index (χ1v) is 9.14. The lowest BCUT2D eigenvalue weighted by Crippen LogP contribution is -2.07. The van der Waals surface area contributed by atoms with Gasteiger partial charge in [-0.2, -0.15) is 0 Å². The minimum atomic E-state index is -0.545. The predicted molar refractivity (Wildman–Crippen MR) is 105 cm³/mol. The summed E-state index contributed by atoms with van der Waals surface area (Å²) in [4.78, 5) is 12.0. The maximum Gasteiger partial charge on any atom is 0.339 e. The Hall–Kier alpha value is -1.87. The summed E-state index contributed by atoms with van der Waals surface area (Å²) >= 11 is 15.5. The van der Waals surface area contributed by atoms with E-state index in [4.69, 9.17) is 43.8 Å². The summed E-state index contributed by atoms with van der Waals surface area (Å²) in [7, 11) is 0. The van der Waals surface area contributed by atoms with Gasteiger partial charge in [-0.1, -0.05) is 35.2 Å². The van der Waals surface area contributed by atoms with Crippen molar-refractivity contribution in [2.75, 3.05) is 13.2 Å². The lowest BCUT2D eigenvalue weighted by Gasteiger charge is -2.15. The molecule has 0 N–H and O–H groups in total. The largest absolute Gasteiger partial charge is 0.490 e. The van der Waals surface area contributed by atoms with E-state index in [0.717, 1.165) is 5.56 Å². The van der Waals surface area contributed by atoms with Gasteiger partial charge in [0.2, 0.25) is 0 Å². The summed E-state index contributed by atoms with van der Waals surface area (Å²) in [6.07, 6.45) is 5.10. The molecule has 136 valence electrons. The summed E-state index contributed by atoms with van der Waals surface area (Å²) < 4.78 is 16.9. The van der Waals surface area contributed by atoms with E-state index in [2.05, 4.69) is 21.9 Å². The summed E-state index contributed by atoms with van der Waals surface area (Å²) in [5.41, 5.74) is 1.07. The van der Waals surface area contributed by atoms with E-state index in [9.17, 15) is 4.79 Å². The number of hydrogen-bond acceptors (Lipinski definition) is 4. The number of hydrogen-bond donors (Lipinski definition) is 0. The molecule has 4 nitrogen and oxygen atoms in total. The van der Waals surface area contributed by atoms with Crippen LogP contribution in [0.15, 0.2) is 34.8 Å². The first-order chi connectivity index (χ1) is 12.5. The molecule has 0 amide bonds. The second-order valence-electron chi connectivity index (χ2n) is 5.02. The van der Waals surface area contributed by atoms with Crippen LogP contribution in [0, 0.1) is 12.3 Å². The van der Waals surface area contributed by atoms with Crippen LogP contribution in [0.25, 0.3) is 0 Å². The molecule has 0 unspecified atom stereocenters. The second-order valence-corrected chi connectivity index (χ2v) is 6.72. The summed E-state index contributed by atoms with van der Waals surface area (Å²) in [6, 6.07) is 8.29. The maximum absolute atomic E-state index is 12.0. The van der Waals surface area contributed by atoms with Gasteiger partial charge in [0.15, 0.2) is 18.1 Å². The van der Waals surface area contributed by atoms with Crippen molar-refractivity contribution in [3.63, 3.8) is 0 Å². The van der Waals surface area contributed by atoms with Gasteiger partial charge >= 0.3 is 5.97 Å². The Bertz CT molecular complexity index is 846. The second kappa shape index (κ2) is 9.72. The number of esters is 1. The third kappa shape index (κ3) is 5.31. The Balaban J connectivity index is 2.26. The molecular weight excluding hydrogens is 443 g/mol. The van der Waals surface area contributed by atoms with E-state index in [0.29, 0.717) is 38.2 Å². The Kier molecular flexibility index (Phi) is 7.65. The first-order valence-electron chi connectivity index (χ1n) is 7.60. The van der Waals surface area contributed by atoms with Crippen molar-refractivity contribution in [1.29, 1.82) is 0 Å². The van der Waals surface area contributed by atoms with Crippen molar-refractivity contribution in [2.24, 2.45) is 0 Å². The molecule has 0 aliphatic carbocycles. The van der Waals surface area contributed by atoms with Crippen LogP contribution >= 0.6 is 39.1 Å². The first kappa shape index (κ1) is 20.4. The van der Waals surface area contributed by atoms with Crippen LogP contribution in [0.4, 0.5) is 0 Å². The van der Waals surface area contributed by atoms with Crippen LogP contribution in [-0.4, -0.2) is 19.2 Å². The molecule has 0 bridgehead atoms. The van der Waals surface area contributed by atoms with E-state index in [1.54, 1.807) is 30.3 Å². The van der Waals surface area contributed by atoms with Crippen LogP contribution in [0.2, 0.25) is 10.0 Å². The van der Waals surface area contributed by atoms with Gasteiger partial charge in [-0.15, -0.1) is 6.42 Å². The normalized spacial score (nSPS) is 10.1. The topological polar surface area (TPSA) is 44.8 Å². The Morgan fingerprint density at radius 3 is 2.65 bits per heavy atom. The number of rotatable bonds is 7. The van der Waals surface area contributed by atoms with Crippen molar-refractivity contribution in [1.82, 2.24) is 0 Å². The van der Waals surface area contributed by atoms with Gasteiger partial charge in [0, 0.05) is 15.6 Å². The SMILES string of the molecule is C#CCOC(=O)c1cc(Br)c(OCc2ccc(Cl)cc2Cl)c(OCC)c1. The van der Waals surface area contributed by atoms with Crippen LogP contribution in [0.1, 0.15) is 22.8 Å². The van der Waals surface area contributed by atoms with Gasteiger partial charge in [0.1, 0.15) is 6.61 Å². The third-order valence-corrected chi connectivity index (χ3v) is 4.39. The fraction of sp³-hybridized carbons (Fsp3) is 0.211. The molecule has 0 spiro atoms. The summed E-state index contributed by atoms with van der Waals surface area (Å²) in [5.74, 6) is 2.56. The lowest BCUT2D eigenvalue weighted by atomic mass is 10.2. The van der Waals surface area contributed by atoms with Crippen molar-refractivity contribution >= 4 is 45.1 Å². The van der Waals surface area contributed by atoms with Crippen LogP contribution in [-0.2, 0) is 11.3 Å². The molecular formula is C19H15BrCl2O4. The molecule has 0 aromatic heterocycles. The maximum atomic E-state index is 12.0. The minimum absolute atomic E-state index is 0.103. The van der Waals surface area contributed by atoms with E-state index in [-0.39, 0.29) is 13.2 Å². The van der Waals surface area contributed by atoms with E-state index in [1.165, 1.54) is 0 Å². The van der Waals surface area contributed by atoms with Crippen LogP contribution in [0.5, 0.6) is 11.5 Å². The Labute approximate surface area is 170 Å². The smallest absolute Gasteiger partial charge is 0.339 e. The molecule has 0 radical (unpaired) electrons. The number of carbonyl (C=O) groups is 1. The molecule has 2 rings (SSSR count). The van der Waals surface area contributed by atoms with Crippen molar-refractivity contribution in [3.05, 3.63) is 56.0 Å². The quantitative estimate of drug-likeness (QED) is 0.405. The van der Waals surface area contributed by atoms with Gasteiger partial charge in [0.05, 0.1) is 16.6 Å². The van der Waals surface area contributed by atoms with Crippen molar-refractivity contribution in [3.8, 4) is 23.8 Å². The van der Waals surface area contributed by atoms with Gasteiger partial charge in [0.25, 0.3) is 0 Å². The fourth-order valence-corrected chi connectivity index (χ4v) is 3.09. The molecule has 0 saturated heterocycles. The molecule has 0 heterocycles. The fourth-order valence-electron chi connectivity index (χ4n) is 2.07. The number of halogens is 3. The zero-order valence-electron chi connectivity index (χ0n) is 13.9. The zero-order chi connectivity index (χ0) is 19.1. The molecule has 0 atom stereocenters. The average molecular weight is 458 g/mol. The molecule has 0 aliphatic heterocycles. The van der Waals surface area contributed by atoms with Crippen LogP contribution in [0.3, 0.4) is 0 Å². The van der Waals surface area contributed by atoms with E-state index >= 15 is 0 Å². The van der Waals surface area contributed by atoms with Gasteiger partial charge in [-0.3, -0.25) is 0 Å². The molecule has 0 fully saturated rings. The molecule has 26 heavy (non-hydrogen) atoms. The highest BCUT2D eigenvalue weighted by atomic mass is 79.9. The number of ether oxygens (including phenoxy) is 3. The highest BCUT2D eigenvalue weighted by Gasteiger charge is 2.17. The predicted octanol–water partition coefficient (Wildman–Crippen LogP) is 5.52. The van der Waals surface area contributed by atoms with Gasteiger partial charge in [-0.05, 0) is 47.1 Å². The summed E-state index contributed by atoms with van der Waals surface area (Å²) in [5, 5.41) is 1.05. The summed E-state index contributed by atoms with van der Waals surface area (Å²) in [6.45, 7) is 2.33. The standard InChI is InChI=1S/C19H15BrCl2O4/c1-3-7-25-19(23)13-8-15(20)18(17(9-13)24-4-2)26-11-12-5-6-14(21)10-16(12)22/h1,5-6,8-10H,4,7,11H2,2H3. The zero-order valence-corrected chi connectivity index (χ0v) is 17.0. The molecule has 2 aromatic carbocycles. The number of benzene rings is 2. The molecule has 7 heteroatoms. The van der Waals surface area contributed by atoms with E-state index in [1.807, 2.05) is 6.92 Å².